The van der Waals surface area contributed by atoms with Crippen molar-refractivity contribution in [2.45, 2.75) is 13.3 Å². The maximum atomic E-state index is 12.3. The first kappa shape index (κ1) is 17.0. The lowest BCUT2D eigenvalue weighted by molar-refractivity contribution is -0.115. The van der Waals surface area contributed by atoms with Crippen molar-refractivity contribution in [1.29, 1.82) is 0 Å². The predicted octanol–water partition coefficient (Wildman–Crippen LogP) is 5.02. The highest BCUT2D eigenvalue weighted by Crippen LogP contribution is 2.31. The summed E-state index contributed by atoms with van der Waals surface area (Å²) in [5.74, 6) is 0.397. The van der Waals surface area contributed by atoms with Gasteiger partial charge < -0.3 is 10.1 Å². The summed E-state index contributed by atoms with van der Waals surface area (Å²) in [5, 5.41) is 10.4. The fourth-order valence-corrected chi connectivity index (χ4v) is 3.88. The van der Waals surface area contributed by atoms with Gasteiger partial charge in [-0.3, -0.25) is 4.79 Å². The molecule has 1 aromatic carbocycles. The van der Waals surface area contributed by atoms with Gasteiger partial charge in [0.2, 0.25) is 5.91 Å². The summed E-state index contributed by atoms with van der Waals surface area (Å²) in [6.45, 7) is 1.88. The number of carbonyl (C=O) groups is 1. The molecule has 0 bridgehead atoms. The van der Waals surface area contributed by atoms with Crippen molar-refractivity contribution in [3.8, 4) is 16.3 Å². The van der Waals surface area contributed by atoms with Crippen LogP contribution in [-0.4, -0.2) is 18.0 Å². The Morgan fingerprint density at radius 3 is 2.92 bits per heavy atom. The molecule has 1 amide bonds. The number of nitrogens with one attached hydrogen (secondary N) is 1. The minimum Gasteiger partial charge on any atom is -0.495 e. The molecule has 0 atom stereocenters. The SMILES string of the molecule is COc1cc(Cl)c(C)cc1NC(=O)Cc1csc(-c2ccsc2)n1. The van der Waals surface area contributed by atoms with Crippen molar-refractivity contribution < 1.29 is 9.53 Å². The van der Waals surface area contributed by atoms with Gasteiger partial charge in [-0.25, -0.2) is 4.98 Å². The summed E-state index contributed by atoms with van der Waals surface area (Å²) in [6.07, 6.45) is 0.214. The van der Waals surface area contributed by atoms with Gasteiger partial charge in [-0.05, 0) is 30.0 Å². The van der Waals surface area contributed by atoms with Crippen LogP contribution in [-0.2, 0) is 11.2 Å². The van der Waals surface area contributed by atoms with E-state index < -0.39 is 0 Å². The Hall–Kier alpha value is -1.89. The first-order chi connectivity index (χ1) is 11.6. The van der Waals surface area contributed by atoms with Crippen molar-refractivity contribution in [3.63, 3.8) is 0 Å². The third kappa shape index (κ3) is 3.77. The molecule has 3 aromatic rings. The van der Waals surface area contributed by atoms with Gasteiger partial charge in [-0.2, -0.15) is 11.3 Å². The van der Waals surface area contributed by atoms with Crippen molar-refractivity contribution >= 4 is 45.9 Å². The molecular formula is C17H15ClN2O2S2. The molecule has 0 aliphatic heterocycles. The number of thiophene rings is 1. The lowest BCUT2D eigenvalue weighted by Crippen LogP contribution is -2.15. The number of hydrogen-bond donors (Lipinski definition) is 1. The molecule has 0 saturated heterocycles. The Morgan fingerprint density at radius 2 is 2.21 bits per heavy atom. The second-order valence-corrected chi connectivity index (χ2v) is 7.23. The van der Waals surface area contributed by atoms with E-state index >= 15 is 0 Å². The van der Waals surface area contributed by atoms with E-state index in [-0.39, 0.29) is 12.3 Å². The van der Waals surface area contributed by atoms with Gasteiger partial charge in [0.05, 0.1) is 24.9 Å². The summed E-state index contributed by atoms with van der Waals surface area (Å²) >= 11 is 9.25. The fourth-order valence-electron chi connectivity index (χ4n) is 2.20. The van der Waals surface area contributed by atoms with Gasteiger partial charge in [-0.15, -0.1) is 11.3 Å². The number of amides is 1. The molecule has 0 radical (unpaired) electrons. The van der Waals surface area contributed by atoms with E-state index in [0.29, 0.717) is 16.5 Å². The third-order valence-electron chi connectivity index (χ3n) is 3.42. The van der Waals surface area contributed by atoms with Crippen LogP contribution >= 0.6 is 34.3 Å². The number of benzene rings is 1. The van der Waals surface area contributed by atoms with Crippen molar-refractivity contribution in [1.82, 2.24) is 4.98 Å². The zero-order valence-corrected chi connectivity index (χ0v) is 15.5. The number of hydrogen-bond acceptors (Lipinski definition) is 5. The van der Waals surface area contributed by atoms with Gasteiger partial charge >= 0.3 is 0 Å². The number of thiazole rings is 1. The average Bonchev–Trinajstić information content (AvgIpc) is 3.21. The number of methoxy groups -OCH3 is 1. The molecule has 1 N–H and O–H groups in total. The van der Waals surface area contributed by atoms with Gasteiger partial charge in [0, 0.05) is 27.4 Å². The molecule has 3 rings (SSSR count). The van der Waals surface area contributed by atoms with E-state index in [1.807, 2.05) is 29.1 Å². The number of aromatic nitrogens is 1. The average molecular weight is 379 g/mol. The van der Waals surface area contributed by atoms with Gasteiger partial charge in [-0.1, -0.05) is 11.6 Å². The van der Waals surface area contributed by atoms with Crippen LogP contribution in [0.4, 0.5) is 5.69 Å². The van der Waals surface area contributed by atoms with Crippen LogP contribution in [0.3, 0.4) is 0 Å². The van der Waals surface area contributed by atoms with Crippen LogP contribution in [0.15, 0.2) is 34.3 Å². The van der Waals surface area contributed by atoms with E-state index in [2.05, 4.69) is 10.3 Å². The van der Waals surface area contributed by atoms with E-state index in [1.165, 1.54) is 0 Å². The molecule has 2 heterocycles. The van der Waals surface area contributed by atoms with Crippen LogP contribution in [0.1, 0.15) is 11.3 Å². The van der Waals surface area contributed by atoms with Crippen LogP contribution in [0.25, 0.3) is 10.6 Å². The molecule has 0 fully saturated rings. The van der Waals surface area contributed by atoms with Crippen molar-refractivity contribution in [2.24, 2.45) is 0 Å². The largest absolute Gasteiger partial charge is 0.495 e. The molecule has 0 spiro atoms. The molecule has 7 heteroatoms. The quantitative estimate of drug-likeness (QED) is 0.677. The number of carbonyl (C=O) groups excluding carboxylic acids is 1. The Balaban J connectivity index is 1.71. The maximum Gasteiger partial charge on any atom is 0.230 e. The molecule has 0 unspecified atom stereocenters. The minimum atomic E-state index is -0.141. The molecule has 0 aliphatic carbocycles. The third-order valence-corrected chi connectivity index (χ3v) is 5.45. The summed E-state index contributed by atoms with van der Waals surface area (Å²) in [6, 6.07) is 5.52. The zero-order chi connectivity index (χ0) is 17.1. The maximum absolute atomic E-state index is 12.3. The van der Waals surface area contributed by atoms with E-state index in [9.17, 15) is 4.79 Å². The predicted molar refractivity (Wildman–Crippen MR) is 101 cm³/mol. The highest BCUT2D eigenvalue weighted by molar-refractivity contribution is 7.14. The molecule has 0 saturated carbocycles. The van der Waals surface area contributed by atoms with E-state index in [1.54, 1.807) is 41.9 Å². The number of rotatable bonds is 5. The Morgan fingerprint density at radius 1 is 1.38 bits per heavy atom. The number of aryl methyl sites for hydroxylation is 1. The Kier molecular flexibility index (Phi) is 5.18. The molecule has 0 aliphatic rings. The van der Waals surface area contributed by atoms with Crippen LogP contribution < -0.4 is 10.1 Å². The molecule has 124 valence electrons. The number of nitrogens with zero attached hydrogens (tertiary/aromatic N) is 1. The second-order valence-electron chi connectivity index (χ2n) is 5.18. The van der Waals surface area contributed by atoms with Gasteiger partial charge in [0.25, 0.3) is 0 Å². The highest BCUT2D eigenvalue weighted by atomic mass is 35.5. The lowest BCUT2D eigenvalue weighted by atomic mass is 10.2. The fraction of sp³-hybridized carbons (Fsp3) is 0.176. The van der Waals surface area contributed by atoms with Crippen molar-refractivity contribution in [2.75, 3.05) is 12.4 Å². The summed E-state index contributed by atoms with van der Waals surface area (Å²) in [5.41, 5.74) is 3.33. The highest BCUT2D eigenvalue weighted by Gasteiger charge is 2.13. The summed E-state index contributed by atoms with van der Waals surface area (Å²) < 4.78 is 5.27. The second kappa shape index (κ2) is 7.34. The minimum absolute atomic E-state index is 0.141. The standard InChI is InChI=1S/C17H15ClN2O2S2/c1-10-5-14(15(22-2)7-13(10)18)20-16(21)6-12-9-24-17(19-12)11-3-4-23-8-11/h3-5,7-9H,6H2,1-2H3,(H,20,21). The molecular weight excluding hydrogens is 364 g/mol. The van der Waals surface area contributed by atoms with E-state index in [4.69, 9.17) is 16.3 Å². The first-order valence-corrected chi connectivity index (χ1v) is 9.38. The number of halogens is 1. The summed E-state index contributed by atoms with van der Waals surface area (Å²) in [4.78, 5) is 16.8. The lowest BCUT2D eigenvalue weighted by Gasteiger charge is -2.11. The molecule has 2 aromatic heterocycles. The monoisotopic (exact) mass is 378 g/mol. The Bertz CT molecular complexity index is 860. The summed E-state index contributed by atoms with van der Waals surface area (Å²) in [7, 11) is 1.55. The number of ether oxygens (including phenoxy) is 1. The van der Waals surface area contributed by atoms with Crippen molar-refractivity contribution in [3.05, 3.63) is 50.6 Å². The smallest absolute Gasteiger partial charge is 0.230 e. The van der Waals surface area contributed by atoms with E-state index in [0.717, 1.165) is 21.8 Å². The zero-order valence-electron chi connectivity index (χ0n) is 13.1. The van der Waals surface area contributed by atoms with Gasteiger partial charge in [0.1, 0.15) is 10.8 Å². The van der Waals surface area contributed by atoms with Crippen LogP contribution in [0.5, 0.6) is 5.75 Å². The first-order valence-electron chi connectivity index (χ1n) is 7.18. The van der Waals surface area contributed by atoms with Crippen LogP contribution in [0.2, 0.25) is 5.02 Å². The normalized spacial score (nSPS) is 10.6. The molecule has 4 nitrogen and oxygen atoms in total. The Labute approximate surface area is 153 Å². The molecule has 24 heavy (non-hydrogen) atoms. The topological polar surface area (TPSA) is 51.2 Å². The van der Waals surface area contributed by atoms with Crippen LogP contribution in [0, 0.1) is 6.92 Å². The van der Waals surface area contributed by atoms with Gasteiger partial charge in [0.15, 0.2) is 0 Å². The number of anilines is 1.